The molecule has 0 bridgehead atoms. The lowest BCUT2D eigenvalue weighted by Crippen LogP contribution is -2.21. The van der Waals surface area contributed by atoms with E-state index in [4.69, 9.17) is 21.1 Å². The van der Waals surface area contributed by atoms with Gasteiger partial charge in [-0.15, -0.1) is 0 Å². The molecule has 40 heavy (non-hydrogen) atoms. The number of hydrogen-bond donors (Lipinski definition) is 2. The Morgan fingerprint density at radius 2 is 1.55 bits per heavy atom. The van der Waals surface area contributed by atoms with E-state index in [9.17, 15) is 28.0 Å². The van der Waals surface area contributed by atoms with Crippen molar-refractivity contribution < 1.29 is 37.4 Å². The smallest absolute Gasteiger partial charge is 0.310 e. The SMILES string of the molecule is CCOC(=O)Cc1cc(F)cc(C(=O)Nc2cc(CC(=O)OCC)cc3c2C(c2cc(F)ccc2Cl)NC3=O)c1. The molecule has 3 aromatic rings. The minimum Gasteiger partial charge on any atom is -0.466 e. The largest absolute Gasteiger partial charge is 0.466 e. The van der Waals surface area contributed by atoms with E-state index < -0.39 is 41.4 Å². The number of rotatable bonds is 9. The molecular weight excluding hydrogens is 546 g/mol. The number of ether oxygens (including phenoxy) is 2. The second-order valence-corrected chi connectivity index (χ2v) is 9.35. The van der Waals surface area contributed by atoms with E-state index in [0.717, 1.165) is 12.1 Å². The van der Waals surface area contributed by atoms with Gasteiger partial charge >= 0.3 is 11.9 Å². The van der Waals surface area contributed by atoms with Gasteiger partial charge in [-0.25, -0.2) is 8.78 Å². The van der Waals surface area contributed by atoms with Crippen LogP contribution >= 0.6 is 11.6 Å². The Kier molecular flexibility index (Phi) is 8.79. The van der Waals surface area contributed by atoms with Crippen LogP contribution in [0.1, 0.15) is 62.9 Å². The fraction of sp³-hybridized carbons (Fsp3) is 0.241. The molecule has 2 N–H and O–H groups in total. The summed E-state index contributed by atoms with van der Waals surface area (Å²) >= 11 is 6.33. The Balaban J connectivity index is 1.76. The van der Waals surface area contributed by atoms with Gasteiger partial charge in [-0.3, -0.25) is 19.2 Å². The first-order valence-corrected chi connectivity index (χ1v) is 12.8. The van der Waals surface area contributed by atoms with Crippen LogP contribution in [0.2, 0.25) is 5.02 Å². The first-order chi connectivity index (χ1) is 19.1. The molecule has 1 aliphatic rings. The fourth-order valence-electron chi connectivity index (χ4n) is 4.50. The van der Waals surface area contributed by atoms with Crippen LogP contribution in [0.15, 0.2) is 48.5 Å². The molecule has 0 aliphatic carbocycles. The topological polar surface area (TPSA) is 111 Å². The maximum Gasteiger partial charge on any atom is 0.310 e. The Morgan fingerprint density at radius 3 is 2.20 bits per heavy atom. The first-order valence-electron chi connectivity index (χ1n) is 12.4. The standard InChI is InChI=1S/C29H25ClF2N2O6/c1-3-39-24(35)11-15-7-17(13-19(32)8-15)28(37)33-23-10-16(12-25(36)40-4-2)9-21-26(23)27(34-29(21)38)20-14-18(31)5-6-22(20)30/h5-10,13-14,27H,3-4,11-12H2,1-2H3,(H,33,37)(H,34,38). The summed E-state index contributed by atoms with van der Waals surface area (Å²) in [4.78, 5) is 50.4. The van der Waals surface area contributed by atoms with Crippen molar-refractivity contribution >= 4 is 41.0 Å². The summed E-state index contributed by atoms with van der Waals surface area (Å²) in [5.74, 6) is -3.72. The third-order valence-electron chi connectivity index (χ3n) is 6.09. The molecule has 0 aromatic heterocycles. The summed E-state index contributed by atoms with van der Waals surface area (Å²) in [5, 5.41) is 5.62. The van der Waals surface area contributed by atoms with Gasteiger partial charge in [-0.05, 0) is 73.5 Å². The second-order valence-electron chi connectivity index (χ2n) is 8.94. The zero-order valence-corrected chi connectivity index (χ0v) is 22.4. The number of anilines is 1. The van der Waals surface area contributed by atoms with Gasteiger partial charge in [0.25, 0.3) is 11.8 Å². The molecule has 1 aliphatic heterocycles. The van der Waals surface area contributed by atoms with E-state index in [1.54, 1.807) is 13.8 Å². The van der Waals surface area contributed by atoms with Crippen LogP contribution in [0, 0.1) is 11.6 Å². The highest BCUT2D eigenvalue weighted by atomic mass is 35.5. The summed E-state index contributed by atoms with van der Waals surface area (Å²) in [5.41, 5.74) is 1.32. The molecule has 0 radical (unpaired) electrons. The van der Waals surface area contributed by atoms with Gasteiger partial charge in [0.2, 0.25) is 0 Å². The Bertz CT molecular complexity index is 1510. The van der Waals surface area contributed by atoms with Crippen LogP contribution in [0.4, 0.5) is 14.5 Å². The number of fused-ring (bicyclic) bond motifs is 1. The van der Waals surface area contributed by atoms with Crippen molar-refractivity contribution in [1.29, 1.82) is 0 Å². The minimum absolute atomic E-state index is 0.0959. The molecule has 1 unspecified atom stereocenters. The van der Waals surface area contributed by atoms with Gasteiger partial charge in [-0.2, -0.15) is 0 Å². The van der Waals surface area contributed by atoms with Crippen LogP contribution in [-0.4, -0.2) is 37.0 Å². The quantitative estimate of drug-likeness (QED) is 0.354. The van der Waals surface area contributed by atoms with E-state index in [-0.39, 0.29) is 59.0 Å². The van der Waals surface area contributed by atoms with Crippen molar-refractivity contribution in [2.24, 2.45) is 0 Å². The molecule has 0 saturated carbocycles. The van der Waals surface area contributed by atoms with Crippen molar-refractivity contribution in [1.82, 2.24) is 5.32 Å². The molecule has 0 spiro atoms. The van der Waals surface area contributed by atoms with Gasteiger partial charge in [0, 0.05) is 33.0 Å². The van der Waals surface area contributed by atoms with Crippen molar-refractivity contribution in [3.8, 4) is 0 Å². The van der Waals surface area contributed by atoms with E-state index in [1.165, 1.54) is 36.4 Å². The molecule has 11 heteroatoms. The Morgan fingerprint density at radius 1 is 0.900 bits per heavy atom. The summed E-state index contributed by atoms with van der Waals surface area (Å²) in [6, 6.07) is 9.22. The van der Waals surface area contributed by atoms with Gasteiger partial charge in [-0.1, -0.05) is 11.6 Å². The number of esters is 2. The summed E-state index contributed by atoms with van der Waals surface area (Å²) in [6.07, 6.45) is -0.429. The van der Waals surface area contributed by atoms with Gasteiger partial charge in [0.15, 0.2) is 0 Å². The van der Waals surface area contributed by atoms with Gasteiger partial charge in [0.05, 0.1) is 32.1 Å². The first kappa shape index (κ1) is 28.7. The highest BCUT2D eigenvalue weighted by Crippen LogP contribution is 2.40. The Hall–Kier alpha value is -4.31. The maximum absolute atomic E-state index is 14.4. The second kappa shape index (κ2) is 12.3. The van der Waals surface area contributed by atoms with Crippen LogP contribution < -0.4 is 10.6 Å². The summed E-state index contributed by atoms with van der Waals surface area (Å²) in [7, 11) is 0. The monoisotopic (exact) mass is 570 g/mol. The predicted molar refractivity (Wildman–Crippen MR) is 142 cm³/mol. The molecule has 208 valence electrons. The summed E-state index contributed by atoms with van der Waals surface area (Å²) in [6.45, 7) is 3.60. The normalized spacial score (nSPS) is 13.8. The average molecular weight is 571 g/mol. The average Bonchev–Trinajstić information content (AvgIpc) is 3.21. The lowest BCUT2D eigenvalue weighted by molar-refractivity contribution is -0.143. The van der Waals surface area contributed by atoms with Crippen molar-refractivity contribution in [2.75, 3.05) is 18.5 Å². The van der Waals surface area contributed by atoms with Crippen LogP contribution in [0.3, 0.4) is 0 Å². The lowest BCUT2D eigenvalue weighted by atomic mass is 9.93. The number of carbonyl (C=O) groups is 4. The molecule has 8 nitrogen and oxygen atoms in total. The number of hydrogen-bond acceptors (Lipinski definition) is 6. The van der Waals surface area contributed by atoms with E-state index >= 15 is 0 Å². The zero-order chi connectivity index (χ0) is 29.0. The van der Waals surface area contributed by atoms with Crippen LogP contribution in [-0.2, 0) is 31.9 Å². The van der Waals surface area contributed by atoms with Crippen LogP contribution in [0.25, 0.3) is 0 Å². The van der Waals surface area contributed by atoms with Crippen molar-refractivity contribution in [2.45, 2.75) is 32.7 Å². The number of halogens is 3. The van der Waals surface area contributed by atoms with E-state index in [0.29, 0.717) is 11.1 Å². The highest BCUT2D eigenvalue weighted by molar-refractivity contribution is 6.31. The Labute approximate surface area is 233 Å². The van der Waals surface area contributed by atoms with Crippen LogP contribution in [0.5, 0.6) is 0 Å². The van der Waals surface area contributed by atoms with Crippen molar-refractivity contribution in [3.63, 3.8) is 0 Å². The third-order valence-corrected chi connectivity index (χ3v) is 6.44. The molecule has 3 aromatic carbocycles. The molecule has 1 heterocycles. The van der Waals surface area contributed by atoms with E-state index in [1.807, 2.05) is 0 Å². The van der Waals surface area contributed by atoms with Gasteiger partial charge in [0.1, 0.15) is 11.6 Å². The number of nitrogens with one attached hydrogen (secondary N) is 2. The fourth-order valence-corrected chi connectivity index (χ4v) is 4.73. The number of amides is 2. The lowest BCUT2D eigenvalue weighted by Gasteiger charge is -2.19. The van der Waals surface area contributed by atoms with Crippen molar-refractivity contribution in [3.05, 3.63) is 98.6 Å². The predicted octanol–water partition coefficient (Wildman–Crippen LogP) is 4.91. The zero-order valence-electron chi connectivity index (χ0n) is 21.6. The maximum atomic E-state index is 14.4. The van der Waals surface area contributed by atoms with E-state index in [2.05, 4.69) is 10.6 Å². The number of benzene rings is 3. The molecular formula is C29H25ClF2N2O6. The molecule has 2 amide bonds. The minimum atomic E-state index is -0.926. The number of carbonyl (C=O) groups excluding carboxylic acids is 4. The highest BCUT2D eigenvalue weighted by Gasteiger charge is 2.35. The third kappa shape index (κ3) is 6.45. The molecule has 4 rings (SSSR count). The summed E-state index contributed by atoms with van der Waals surface area (Å²) < 4.78 is 38.4. The van der Waals surface area contributed by atoms with Gasteiger partial charge < -0.3 is 20.1 Å². The molecule has 0 saturated heterocycles. The molecule has 1 atom stereocenters. The molecule has 0 fully saturated rings.